The van der Waals surface area contributed by atoms with E-state index in [4.69, 9.17) is 5.11 Å². The van der Waals surface area contributed by atoms with Crippen LogP contribution in [0.5, 0.6) is 0 Å². The maximum Gasteiger partial charge on any atom is 0.323 e. The lowest BCUT2D eigenvalue weighted by atomic mass is 10.4. The molecule has 0 fully saturated rings. The smallest absolute Gasteiger partial charge is 0.323 e. The van der Waals surface area contributed by atoms with Crippen LogP contribution in [0.25, 0.3) is 0 Å². The van der Waals surface area contributed by atoms with Gasteiger partial charge in [-0.15, -0.1) is 0 Å². The Kier molecular flexibility index (Phi) is 5.72. The quantitative estimate of drug-likeness (QED) is 0.793. The number of aliphatic carboxylic acids is 1. The van der Waals surface area contributed by atoms with Gasteiger partial charge in [-0.3, -0.25) is 4.79 Å². The minimum Gasteiger partial charge on any atom is -0.480 e. The topological polar surface area (TPSA) is 95.4 Å². The lowest BCUT2D eigenvalue weighted by Crippen LogP contribution is -2.42. The molecule has 0 spiro atoms. The molecule has 0 aliphatic carbocycles. The zero-order valence-corrected chi connectivity index (χ0v) is 11.1. The van der Waals surface area contributed by atoms with Crippen LogP contribution in [0.1, 0.15) is 24.9 Å². The number of rotatable bonds is 6. The molecular weight excluding hydrogens is 248 g/mol. The summed E-state index contributed by atoms with van der Waals surface area (Å²) in [6.07, 6.45) is 2.32. The highest BCUT2D eigenvalue weighted by atomic mass is 16.4. The van der Waals surface area contributed by atoms with Gasteiger partial charge in [-0.1, -0.05) is 6.92 Å². The van der Waals surface area contributed by atoms with Crippen LogP contribution in [0.3, 0.4) is 0 Å². The Labute approximate surface area is 111 Å². The number of aryl methyl sites for hydroxylation is 1. The largest absolute Gasteiger partial charge is 0.480 e. The van der Waals surface area contributed by atoms with Gasteiger partial charge in [-0.2, -0.15) is 0 Å². The van der Waals surface area contributed by atoms with Crippen molar-refractivity contribution in [3.63, 3.8) is 0 Å². The summed E-state index contributed by atoms with van der Waals surface area (Å²) < 4.78 is 0. The van der Waals surface area contributed by atoms with Crippen molar-refractivity contribution < 1.29 is 14.7 Å². The van der Waals surface area contributed by atoms with E-state index < -0.39 is 12.0 Å². The summed E-state index contributed by atoms with van der Waals surface area (Å²) in [5.74, 6) is -0.399. The molecule has 0 saturated heterocycles. The van der Waals surface area contributed by atoms with Gasteiger partial charge in [-0.25, -0.2) is 14.8 Å². The SMILES string of the molecule is CCCN(CC(=O)O)C(=O)NCc1ccnc(C)n1. The van der Waals surface area contributed by atoms with Gasteiger partial charge in [0, 0.05) is 12.7 Å². The van der Waals surface area contributed by atoms with Crippen LogP contribution < -0.4 is 5.32 Å². The summed E-state index contributed by atoms with van der Waals surface area (Å²) in [6.45, 7) is 4.00. The van der Waals surface area contributed by atoms with E-state index in [-0.39, 0.29) is 13.1 Å². The zero-order chi connectivity index (χ0) is 14.3. The van der Waals surface area contributed by atoms with Crippen LogP contribution in [0.2, 0.25) is 0 Å². The van der Waals surface area contributed by atoms with Gasteiger partial charge in [0.15, 0.2) is 0 Å². The van der Waals surface area contributed by atoms with Crippen molar-refractivity contribution in [3.8, 4) is 0 Å². The summed E-state index contributed by atoms with van der Waals surface area (Å²) >= 11 is 0. The monoisotopic (exact) mass is 266 g/mol. The van der Waals surface area contributed by atoms with Crippen molar-refractivity contribution in [2.24, 2.45) is 0 Å². The molecule has 19 heavy (non-hydrogen) atoms. The van der Waals surface area contributed by atoms with Gasteiger partial charge in [0.05, 0.1) is 12.2 Å². The Morgan fingerprint density at radius 2 is 2.21 bits per heavy atom. The third-order valence-electron chi connectivity index (χ3n) is 2.36. The van der Waals surface area contributed by atoms with E-state index in [9.17, 15) is 9.59 Å². The average Bonchev–Trinajstić information content (AvgIpc) is 2.35. The van der Waals surface area contributed by atoms with Gasteiger partial charge in [0.2, 0.25) is 0 Å². The van der Waals surface area contributed by atoms with E-state index in [1.165, 1.54) is 4.90 Å². The van der Waals surface area contributed by atoms with Crippen molar-refractivity contribution in [1.82, 2.24) is 20.2 Å². The molecule has 0 radical (unpaired) electrons. The highest BCUT2D eigenvalue weighted by molar-refractivity contribution is 5.80. The number of carboxylic acids is 1. The van der Waals surface area contributed by atoms with Gasteiger partial charge in [-0.05, 0) is 19.4 Å². The Morgan fingerprint density at radius 3 is 2.79 bits per heavy atom. The van der Waals surface area contributed by atoms with Crippen molar-refractivity contribution in [2.75, 3.05) is 13.1 Å². The molecule has 7 heteroatoms. The van der Waals surface area contributed by atoms with E-state index in [0.717, 1.165) is 0 Å². The number of carbonyl (C=O) groups excluding carboxylic acids is 1. The third-order valence-corrected chi connectivity index (χ3v) is 2.36. The molecule has 2 amide bonds. The number of carboxylic acid groups (broad SMARTS) is 1. The first-order valence-corrected chi connectivity index (χ1v) is 6.06. The summed E-state index contributed by atoms with van der Waals surface area (Å²) in [5, 5.41) is 11.4. The fraction of sp³-hybridized carbons (Fsp3) is 0.500. The average molecular weight is 266 g/mol. The van der Waals surface area contributed by atoms with Crippen LogP contribution in [-0.4, -0.2) is 45.1 Å². The first-order valence-electron chi connectivity index (χ1n) is 6.06. The lowest BCUT2D eigenvalue weighted by molar-refractivity contribution is -0.137. The highest BCUT2D eigenvalue weighted by Gasteiger charge is 2.15. The Morgan fingerprint density at radius 1 is 1.47 bits per heavy atom. The first-order chi connectivity index (χ1) is 9.02. The van der Waals surface area contributed by atoms with E-state index in [0.29, 0.717) is 24.5 Å². The van der Waals surface area contributed by atoms with Crippen molar-refractivity contribution in [1.29, 1.82) is 0 Å². The predicted molar refractivity (Wildman–Crippen MR) is 68.5 cm³/mol. The summed E-state index contributed by atoms with van der Waals surface area (Å²) in [6, 6.07) is 1.30. The van der Waals surface area contributed by atoms with E-state index in [1.807, 2.05) is 6.92 Å². The zero-order valence-electron chi connectivity index (χ0n) is 11.1. The minimum atomic E-state index is -1.03. The number of aromatic nitrogens is 2. The van der Waals surface area contributed by atoms with Crippen LogP contribution in [0.4, 0.5) is 4.79 Å². The maximum atomic E-state index is 11.8. The van der Waals surface area contributed by atoms with Crippen molar-refractivity contribution >= 4 is 12.0 Å². The van der Waals surface area contributed by atoms with Gasteiger partial charge in [0.25, 0.3) is 0 Å². The standard InChI is InChI=1S/C12H18N4O3/c1-3-6-16(8-11(17)18)12(19)14-7-10-4-5-13-9(2)15-10/h4-5H,3,6-8H2,1-2H3,(H,14,19)(H,17,18). The molecule has 7 nitrogen and oxygen atoms in total. The summed E-state index contributed by atoms with van der Waals surface area (Å²) in [7, 11) is 0. The van der Waals surface area contributed by atoms with Gasteiger partial charge >= 0.3 is 12.0 Å². The Balaban J connectivity index is 2.54. The number of hydrogen-bond acceptors (Lipinski definition) is 4. The number of nitrogens with zero attached hydrogens (tertiary/aromatic N) is 3. The second-order valence-electron chi connectivity index (χ2n) is 4.07. The highest BCUT2D eigenvalue weighted by Crippen LogP contribution is 1.97. The molecule has 0 aliphatic rings. The molecule has 0 aromatic carbocycles. The molecule has 0 bridgehead atoms. The first kappa shape index (κ1) is 14.9. The number of amides is 2. The third kappa shape index (κ3) is 5.33. The number of hydrogen-bond donors (Lipinski definition) is 2. The Hall–Kier alpha value is -2.18. The second kappa shape index (κ2) is 7.30. The fourth-order valence-electron chi connectivity index (χ4n) is 1.57. The molecule has 0 atom stereocenters. The second-order valence-corrected chi connectivity index (χ2v) is 4.07. The Bertz CT molecular complexity index is 450. The van der Waals surface area contributed by atoms with Crippen molar-refractivity contribution in [3.05, 3.63) is 23.8 Å². The molecule has 0 saturated carbocycles. The van der Waals surface area contributed by atoms with E-state index in [2.05, 4.69) is 15.3 Å². The van der Waals surface area contributed by atoms with Crippen LogP contribution in [0, 0.1) is 6.92 Å². The molecule has 2 N–H and O–H groups in total. The van der Waals surface area contributed by atoms with Crippen LogP contribution in [-0.2, 0) is 11.3 Å². The lowest BCUT2D eigenvalue weighted by Gasteiger charge is -2.20. The summed E-state index contributed by atoms with van der Waals surface area (Å²) in [5.41, 5.74) is 0.688. The number of nitrogens with one attached hydrogen (secondary N) is 1. The molecule has 0 unspecified atom stereocenters. The normalized spacial score (nSPS) is 10.0. The van der Waals surface area contributed by atoms with E-state index in [1.54, 1.807) is 19.2 Å². The van der Waals surface area contributed by atoms with Crippen molar-refractivity contribution in [2.45, 2.75) is 26.8 Å². The minimum absolute atomic E-state index is 0.252. The van der Waals surface area contributed by atoms with Gasteiger partial charge in [0.1, 0.15) is 12.4 Å². The molecule has 1 aromatic heterocycles. The van der Waals surface area contributed by atoms with Crippen LogP contribution in [0.15, 0.2) is 12.3 Å². The molecular formula is C12H18N4O3. The fourth-order valence-corrected chi connectivity index (χ4v) is 1.57. The predicted octanol–water partition coefficient (Wildman–Crippen LogP) is 0.791. The van der Waals surface area contributed by atoms with Crippen LogP contribution >= 0.6 is 0 Å². The van der Waals surface area contributed by atoms with E-state index >= 15 is 0 Å². The maximum absolute atomic E-state index is 11.8. The molecule has 0 aliphatic heterocycles. The summed E-state index contributed by atoms with van der Waals surface area (Å²) in [4.78, 5) is 31.9. The molecule has 1 aromatic rings. The number of urea groups is 1. The molecule has 1 heterocycles. The number of carbonyl (C=O) groups is 2. The molecule has 1 rings (SSSR count). The molecule has 104 valence electrons. The van der Waals surface area contributed by atoms with Gasteiger partial charge < -0.3 is 15.3 Å².